The van der Waals surface area contributed by atoms with Gasteiger partial charge in [-0.15, -0.1) is 0 Å². The lowest BCUT2D eigenvalue weighted by Gasteiger charge is -2.32. The van der Waals surface area contributed by atoms with E-state index in [0.717, 1.165) is 22.3 Å². The van der Waals surface area contributed by atoms with Crippen LogP contribution >= 0.6 is 0 Å². The van der Waals surface area contributed by atoms with Gasteiger partial charge in [0, 0.05) is 13.1 Å². The topological polar surface area (TPSA) is 86.8 Å². The second-order valence-corrected chi connectivity index (χ2v) is 11.4. The van der Waals surface area contributed by atoms with Crippen molar-refractivity contribution in [3.05, 3.63) is 95.1 Å². The highest BCUT2D eigenvalue weighted by molar-refractivity contribution is 7.92. The maximum Gasteiger partial charge on any atom is 0.264 e. The fourth-order valence-electron chi connectivity index (χ4n) is 4.23. The van der Waals surface area contributed by atoms with Crippen LogP contribution in [0.4, 0.5) is 5.69 Å². The third kappa shape index (κ3) is 7.01. The van der Waals surface area contributed by atoms with Crippen molar-refractivity contribution in [3.63, 3.8) is 0 Å². The minimum atomic E-state index is -4.08. The number of anilines is 1. The molecule has 0 aliphatic carbocycles. The number of sulfonamides is 1. The Bertz CT molecular complexity index is 1360. The van der Waals surface area contributed by atoms with Crippen molar-refractivity contribution in [1.82, 2.24) is 10.2 Å². The molecule has 0 aromatic heterocycles. The predicted octanol–water partition coefficient (Wildman–Crippen LogP) is 4.40. The Labute approximate surface area is 226 Å². The van der Waals surface area contributed by atoms with Crippen LogP contribution in [-0.4, -0.2) is 50.8 Å². The molecule has 0 bridgehead atoms. The van der Waals surface area contributed by atoms with E-state index >= 15 is 0 Å². The highest BCUT2D eigenvalue weighted by Crippen LogP contribution is 2.28. The van der Waals surface area contributed by atoms with Gasteiger partial charge >= 0.3 is 0 Å². The van der Waals surface area contributed by atoms with E-state index in [2.05, 4.69) is 5.32 Å². The predicted molar refractivity (Wildman–Crippen MR) is 152 cm³/mol. The third-order valence-corrected chi connectivity index (χ3v) is 8.30. The quantitative estimate of drug-likeness (QED) is 0.394. The second kappa shape index (κ2) is 12.7. The van der Waals surface area contributed by atoms with Crippen LogP contribution in [0, 0.1) is 20.8 Å². The van der Waals surface area contributed by atoms with E-state index in [1.807, 2.05) is 70.2 Å². The molecule has 1 N–H and O–H groups in total. The van der Waals surface area contributed by atoms with E-state index in [1.165, 1.54) is 9.21 Å². The van der Waals surface area contributed by atoms with Crippen LogP contribution < -0.4 is 9.62 Å². The number of nitrogens with zero attached hydrogens (tertiary/aromatic N) is 2. The van der Waals surface area contributed by atoms with Gasteiger partial charge in [0.25, 0.3) is 10.0 Å². The normalized spacial score (nSPS) is 12.0. The molecule has 0 spiro atoms. The van der Waals surface area contributed by atoms with Gasteiger partial charge in [0.15, 0.2) is 0 Å². The monoisotopic (exact) mass is 535 g/mol. The molecule has 0 aliphatic rings. The Morgan fingerprint density at radius 1 is 0.895 bits per heavy atom. The summed E-state index contributed by atoms with van der Waals surface area (Å²) in [6.45, 7) is 9.34. The average molecular weight is 536 g/mol. The van der Waals surface area contributed by atoms with E-state index in [9.17, 15) is 18.0 Å². The minimum Gasteiger partial charge on any atom is -0.355 e. The van der Waals surface area contributed by atoms with Crippen LogP contribution in [0.3, 0.4) is 0 Å². The molecule has 0 radical (unpaired) electrons. The number of benzene rings is 3. The van der Waals surface area contributed by atoms with Gasteiger partial charge in [0.1, 0.15) is 12.6 Å². The molecule has 0 heterocycles. The number of likely N-dealkylation sites (N-methyl/N-ethyl adjacent to an activating group) is 1. The van der Waals surface area contributed by atoms with Gasteiger partial charge in [-0.25, -0.2) is 8.42 Å². The molecule has 3 rings (SSSR count). The van der Waals surface area contributed by atoms with Crippen LogP contribution in [0.5, 0.6) is 0 Å². The zero-order valence-corrected chi connectivity index (χ0v) is 23.6. The first-order valence-corrected chi connectivity index (χ1v) is 14.3. The Balaban J connectivity index is 2.02. The van der Waals surface area contributed by atoms with Crippen molar-refractivity contribution in [2.24, 2.45) is 0 Å². The Morgan fingerprint density at radius 2 is 1.53 bits per heavy atom. The van der Waals surface area contributed by atoms with Gasteiger partial charge in [0.2, 0.25) is 11.8 Å². The van der Waals surface area contributed by atoms with Crippen molar-refractivity contribution in [3.8, 4) is 0 Å². The number of amides is 2. The van der Waals surface area contributed by atoms with Gasteiger partial charge in [0.05, 0.1) is 10.6 Å². The summed E-state index contributed by atoms with van der Waals surface area (Å²) in [4.78, 5) is 28.2. The number of aryl methyl sites for hydroxylation is 3. The van der Waals surface area contributed by atoms with Gasteiger partial charge < -0.3 is 10.2 Å². The zero-order chi connectivity index (χ0) is 27.9. The lowest BCUT2D eigenvalue weighted by molar-refractivity contribution is -0.138. The summed E-state index contributed by atoms with van der Waals surface area (Å²) in [6.07, 6.45) is 0.532. The average Bonchev–Trinajstić information content (AvgIpc) is 2.89. The summed E-state index contributed by atoms with van der Waals surface area (Å²) >= 11 is 0. The standard InChI is InChI=1S/C30H37N3O4S/c1-6-31-30(35)25(5)32(19-18-26-10-8-7-9-11-26)29(34)21-33(28-20-23(3)12-15-24(28)4)38(36,37)27-16-13-22(2)14-17-27/h7-17,20,25H,6,18-19,21H2,1-5H3,(H,31,35). The van der Waals surface area contributed by atoms with Gasteiger partial charge in [-0.2, -0.15) is 0 Å². The molecule has 202 valence electrons. The SMILES string of the molecule is CCNC(=O)C(C)N(CCc1ccccc1)C(=O)CN(c1cc(C)ccc1C)S(=O)(=O)c1ccc(C)cc1. The highest BCUT2D eigenvalue weighted by atomic mass is 32.2. The number of carbonyl (C=O) groups excluding carboxylic acids is 2. The molecule has 2 amide bonds. The van der Waals surface area contributed by atoms with E-state index in [-0.39, 0.29) is 17.3 Å². The molecular formula is C30H37N3O4S. The summed E-state index contributed by atoms with van der Waals surface area (Å²) in [6, 6.07) is 21.0. The van der Waals surface area contributed by atoms with Crippen molar-refractivity contribution in [2.75, 3.05) is 23.9 Å². The minimum absolute atomic E-state index is 0.101. The fourth-order valence-corrected chi connectivity index (χ4v) is 5.70. The molecule has 0 saturated carbocycles. The molecule has 0 saturated heterocycles. The van der Waals surface area contributed by atoms with Crippen molar-refractivity contribution < 1.29 is 18.0 Å². The van der Waals surface area contributed by atoms with Crippen LogP contribution in [0.2, 0.25) is 0 Å². The highest BCUT2D eigenvalue weighted by Gasteiger charge is 2.32. The molecule has 8 heteroatoms. The summed E-state index contributed by atoms with van der Waals surface area (Å²) < 4.78 is 29.0. The van der Waals surface area contributed by atoms with Gasteiger partial charge in [-0.3, -0.25) is 13.9 Å². The Hall–Kier alpha value is -3.65. The van der Waals surface area contributed by atoms with Crippen molar-refractivity contribution in [2.45, 2.75) is 52.0 Å². The number of nitrogens with one attached hydrogen (secondary N) is 1. The maximum absolute atomic E-state index is 13.9. The largest absolute Gasteiger partial charge is 0.355 e. The smallest absolute Gasteiger partial charge is 0.264 e. The summed E-state index contributed by atoms with van der Waals surface area (Å²) in [5, 5.41) is 2.78. The summed E-state index contributed by atoms with van der Waals surface area (Å²) in [5.74, 6) is -0.732. The Morgan fingerprint density at radius 3 is 2.16 bits per heavy atom. The number of hydrogen-bond acceptors (Lipinski definition) is 4. The number of hydrogen-bond donors (Lipinski definition) is 1. The second-order valence-electron chi connectivity index (χ2n) is 9.51. The summed E-state index contributed by atoms with van der Waals surface area (Å²) in [7, 11) is -4.08. The van der Waals surface area contributed by atoms with Gasteiger partial charge in [-0.05, 0) is 75.9 Å². The number of rotatable bonds is 11. The van der Waals surface area contributed by atoms with Crippen molar-refractivity contribution in [1.29, 1.82) is 0 Å². The molecule has 3 aromatic carbocycles. The molecule has 1 unspecified atom stereocenters. The number of carbonyl (C=O) groups is 2. The lowest BCUT2D eigenvalue weighted by Crippen LogP contribution is -2.52. The van der Waals surface area contributed by atoms with Gasteiger partial charge in [-0.1, -0.05) is 60.2 Å². The van der Waals surface area contributed by atoms with Crippen molar-refractivity contribution >= 4 is 27.5 Å². The maximum atomic E-state index is 13.9. The van der Waals surface area contributed by atoms with E-state index < -0.39 is 28.5 Å². The molecule has 0 aliphatic heterocycles. The Kier molecular flexibility index (Phi) is 9.69. The van der Waals surface area contributed by atoms with E-state index in [0.29, 0.717) is 18.7 Å². The lowest BCUT2D eigenvalue weighted by atomic mass is 10.1. The first kappa shape index (κ1) is 28.9. The zero-order valence-electron chi connectivity index (χ0n) is 22.8. The third-order valence-electron chi connectivity index (χ3n) is 6.52. The summed E-state index contributed by atoms with van der Waals surface area (Å²) in [5.41, 5.74) is 3.99. The van der Waals surface area contributed by atoms with Crippen LogP contribution in [-0.2, 0) is 26.0 Å². The molecule has 7 nitrogen and oxygen atoms in total. The van der Waals surface area contributed by atoms with Crippen LogP contribution in [0.1, 0.15) is 36.1 Å². The van der Waals surface area contributed by atoms with E-state index in [4.69, 9.17) is 0 Å². The molecule has 38 heavy (non-hydrogen) atoms. The molecule has 1 atom stereocenters. The van der Waals surface area contributed by atoms with Crippen LogP contribution in [0.25, 0.3) is 0 Å². The fraction of sp³-hybridized carbons (Fsp3) is 0.333. The first-order chi connectivity index (χ1) is 18.0. The first-order valence-electron chi connectivity index (χ1n) is 12.8. The van der Waals surface area contributed by atoms with E-state index in [1.54, 1.807) is 37.3 Å². The van der Waals surface area contributed by atoms with Crippen LogP contribution in [0.15, 0.2) is 77.7 Å². The molecular weight excluding hydrogens is 498 g/mol. The molecule has 3 aromatic rings. The molecule has 0 fully saturated rings.